The van der Waals surface area contributed by atoms with E-state index in [1.54, 1.807) is 12.1 Å². The van der Waals surface area contributed by atoms with Crippen LogP contribution in [0.2, 0.25) is 0 Å². The van der Waals surface area contributed by atoms with Crippen molar-refractivity contribution in [2.75, 3.05) is 0 Å². The summed E-state index contributed by atoms with van der Waals surface area (Å²) in [7, 11) is 0. The van der Waals surface area contributed by atoms with Crippen LogP contribution in [-0.2, 0) is 0 Å². The third-order valence-corrected chi connectivity index (χ3v) is 2.96. The summed E-state index contributed by atoms with van der Waals surface area (Å²) in [6, 6.07) is 5.34. The molecule has 52 valence electrons. The molecule has 0 spiro atoms. The summed E-state index contributed by atoms with van der Waals surface area (Å²) in [5.74, 6) is 0. The molecule has 0 atom stereocenters. The molecule has 0 radical (unpaired) electrons. The second-order valence-electron chi connectivity index (χ2n) is 1.79. The van der Waals surface area contributed by atoms with Crippen LogP contribution in [0.4, 0.5) is 0 Å². The minimum absolute atomic E-state index is 0.676. The highest BCUT2D eigenvalue weighted by Crippen LogP contribution is 2.22. The normalized spacial score (nSPS) is 9.40. The van der Waals surface area contributed by atoms with Crippen molar-refractivity contribution in [3.05, 3.63) is 32.7 Å². The van der Waals surface area contributed by atoms with Crippen molar-refractivity contribution in [3.63, 3.8) is 0 Å². The number of hydrogen-bond acceptors (Lipinski definition) is 1. The fraction of sp³-hybridized carbons (Fsp3) is 0. The van der Waals surface area contributed by atoms with Crippen molar-refractivity contribution in [1.29, 1.82) is 0 Å². The number of benzene rings is 1. The lowest BCUT2D eigenvalue weighted by Gasteiger charge is -1.94. The first-order chi connectivity index (χ1) is 4.74. The molecule has 0 aromatic heterocycles. The van der Waals surface area contributed by atoms with E-state index in [0.29, 0.717) is 5.56 Å². The van der Waals surface area contributed by atoms with Crippen LogP contribution in [0.1, 0.15) is 10.4 Å². The van der Waals surface area contributed by atoms with E-state index in [0.717, 1.165) is 15.2 Å². The number of carbonyl (C=O) groups excluding carboxylic acids is 1. The van der Waals surface area contributed by atoms with Crippen LogP contribution in [0.15, 0.2) is 27.1 Å². The number of halogens is 2. The third kappa shape index (κ3) is 1.67. The van der Waals surface area contributed by atoms with Gasteiger partial charge in [-0.25, -0.2) is 0 Å². The van der Waals surface area contributed by atoms with Crippen molar-refractivity contribution < 1.29 is 4.79 Å². The first-order valence-corrected chi connectivity index (χ1v) is 4.23. The molecule has 10 heavy (non-hydrogen) atoms. The van der Waals surface area contributed by atoms with Gasteiger partial charge in [0.1, 0.15) is 6.29 Å². The summed E-state index contributed by atoms with van der Waals surface area (Å²) < 4.78 is 1.86. The van der Waals surface area contributed by atoms with E-state index in [4.69, 9.17) is 0 Å². The van der Waals surface area contributed by atoms with Gasteiger partial charge < -0.3 is 0 Å². The van der Waals surface area contributed by atoms with Gasteiger partial charge in [0.2, 0.25) is 0 Å². The Labute approximate surface area is 75.7 Å². The fourth-order valence-electron chi connectivity index (χ4n) is 0.586. The first-order valence-electron chi connectivity index (χ1n) is 2.64. The molecule has 1 aromatic carbocycles. The quantitative estimate of drug-likeness (QED) is 0.712. The smallest absolute Gasteiger partial charge is 0.150 e. The molecule has 1 aromatic rings. The maximum atomic E-state index is 10.2. The first kappa shape index (κ1) is 7.95. The lowest BCUT2D eigenvalue weighted by atomic mass is 10.2. The van der Waals surface area contributed by atoms with Gasteiger partial charge in [-0.05, 0) is 44.0 Å². The van der Waals surface area contributed by atoms with E-state index < -0.39 is 0 Å². The maximum absolute atomic E-state index is 10.2. The lowest BCUT2D eigenvalue weighted by molar-refractivity contribution is 0.112. The molecule has 0 saturated heterocycles. The number of hydrogen-bond donors (Lipinski definition) is 0. The van der Waals surface area contributed by atoms with E-state index >= 15 is 0 Å². The molecule has 0 saturated carbocycles. The second-order valence-corrected chi connectivity index (χ2v) is 3.50. The predicted octanol–water partition coefficient (Wildman–Crippen LogP) is 3.02. The fourth-order valence-corrected chi connectivity index (χ4v) is 1.23. The summed E-state index contributed by atoms with van der Waals surface area (Å²) in [4.78, 5) is 10.2. The molecular weight excluding hydrogens is 260 g/mol. The molecule has 1 nitrogen and oxygen atoms in total. The largest absolute Gasteiger partial charge is 0.298 e. The van der Waals surface area contributed by atoms with Gasteiger partial charge in [0, 0.05) is 14.5 Å². The third-order valence-electron chi connectivity index (χ3n) is 1.08. The molecule has 0 N–H and O–H groups in total. The van der Waals surface area contributed by atoms with Gasteiger partial charge in [0.05, 0.1) is 0 Å². The lowest BCUT2D eigenvalue weighted by Crippen LogP contribution is -1.78. The Morgan fingerprint density at radius 1 is 1.20 bits per heavy atom. The Morgan fingerprint density at radius 3 is 2.40 bits per heavy atom. The summed E-state index contributed by atoms with van der Waals surface area (Å²) >= 11 is 6.58. The minimum atomic E-state index is 0.676. The topological polar surface area (TPSA) is 17.1 Å². The molecule has 3 heteroatoms. The molecule has 0 fully saturated rings. The van der Waals surface area contributed by atoms with Crippen LogP contribution < -0.4 is 0 Å². The van der Waals surface area contributed by atoms with E-state index in [9.17, 15) is 4.79 Å². The van der Waals surface area contributed by atoms with E-state index in [-0.39, 0.29) is 0 Å². The second kappa shape index (κ2) is 3.30. The highest BCUT2D eigenvalue weighted by atomic mass is 79.9. The Hall–Kier alpha value is -0.150. The van der Waals surface area contributed by atoms with Crippen molar-refractivity contribution in [3.8, 4) is 0 Å². The molecule has 0 heterocycles. The van der Waals surface area contributed by atoms with Crippen LogP contribution in [0.5, 0.6) is 0 Å². The van der Waals surface area contributed by atoms with Gasteiger partial charge in [0.25, 0.3) is 0 Å². The standard InChI is InChI=1S/C7H4Br2O/c8-6-2-1-5(4-10)3-7(6)9/h1-4H. The van der Waals surface area contributed by atoms with Crippen molar-refractivity contribution >= 4 is 38.1 Å². The number of rotatable bonds is 1. The summed E-state index contributed by atoms with van der Waals surface area (Å²) in [6.07, 6.45) is 0.817. The average molecular weight is 264 g/mol. The summed E-state index contributed by atoms with van der Waals surface area (Å²) in [5.41, 5.74) is 0.676. The molecule has 1 rings (SSSR count). The summed E-state index contributed by atoms with van der Waals surface area (Å²) in [6.45, 7) is 0. The van der Waals surface area contributed by atoms with Crippen LogP contribution in [0, 0.1) is 0 Å². The van der Waals surface area contributed by atoms with E-state index in [2.05, 4.69) is 31.9 Å². The van der Waals surface area contributed by atoms with Gasteiger partial charge >= 0.3 is 0 Å². The summed E-state index contributed by atoms with van der Waals surface area (Å²) in [5, 5.41) is 0. The Morgan fingerprint density at radius 2 is 1.90 bits per heavy atom. The molecule has 0 aliphatic carbocycles. The zero-order valence-electron chi connectivity index (χ0n) is 4.97. The van der Waals surface area contributed by atoms with E-state index in [1.807, 2.05) is 6.07 Å². The van der Waals surface area contributed by atoms with Crippen LogP contribution in [0.25, 0.3) is 0 Å². The molecule has 0 unspecified atom stereocenters. The van der Waals surface area contributed by atoms with E-state index in [1.165, 1.54) is 0 Å². The Balaban J connectivity index is 3.16. The highest BCUT2D eigenvalue weighted by Gasteiger charge is 1.95. The number of aldehydes is 1. The van der Waals surface area contributed by atoms with Gasteiger partial charge in [-0.3, -0.25) is 4.79 Å². The minimum Gasteiger partial charge on any atom is -0.298 e. The maximum Gasteiger partial charge on any atom is 0.150 e. The van der Waals surface area contributed by atoms with Gasteiger partial charge in [-0.2, -0.15) is 0 Å². The van der Waals surface area contributed by atoms with Crippen LogP contribution >= 0.6 is 31.9 Å². The van der Waals surface area contributed by atoms with Gasteiger partial charge in [-0.1, -0.05) is 6.07 Å². The number of carbonyl (C=O) groups is 1. The monoisotopic (exact) mass is 262 g/mol. The van der Waals surface area contributed by atoms with Crippen LogP contribution in [-0.4, -0.2) is 6.29 Å². The molecule has 0 aliphatic rings. The molecule has 0 aliphatic heterocycles. The molecule has 0 bridgehead atoms. The molecule has 0 amide bonds. The average Bonchev–Trinajstić information content (AvgIpc) is 1.95. The highest BCUT2D eigenvalue weighted by molar-refractivity contribution is 9.13. The van der Waals surface area contributed by atoms with Crippen LogP contribution in [0.3, 0.4) is 0 Å². The zero-order valence-corrected chi connectivity index (χ0v) is 8.15. The molecular formula is C7H4Br2O. The Bertz CT molecular complexity index is 258. The van der Waals surface area contributed by atoms with Crippen molar-refractivity contribution in [2.45, 2.75) is 0 Å². The van der Waals surface area contributed by atoms with Gasteiger partial charge in [-0.15, -0.1) is 0 Å². The SMILES string of the molecule is O=Cc1ccc(Br)c(Br)c1. The predicted molar refractivity (Wildman–Crippen MR) is 47.2 cm³/mol. The Kier molecular flexibility index (Phi) is 2.63. The van der Waals surface area contributed by atoms with Gasteiger partial charge in [0.15, 0.2) is 0 Å². The van der Waals surface area contributed by atoms with Crippen molar-refractivity contribution in [1.82, 2.24) is 0 Å². The van der Waals surface area contributed by atoms with Crippen molar-refractivity contribution in [2.24, 2.45) is 0 Å². The zero-order chi connectivity index (χ0) is 7.56.